The largest absolute Gasteiger partial charge is 0.363 e. The molecule has 2 aliphatic heterocycles. The van der Waals surface area contributed by atoms with Gasteiger partial charge < -0.3 is 9.80 Å². The summed E-state index contributed by atoms with van der Waals surface area (Å²) in [5, 5.41) is 0. The van der Waals surface area contributed by atoms with E-state index in [2.05, 4.69) is 35.8 Å². The van der Waals surface area contributed by atoms with E-state index in [1.807, 2.05) is 18.2 Å². The SMILES string of the molecule is CC1(C)Cc2ccc(C=O)cc2N1C1CCN(CCc2ccc(F)cc2)CC1. The lowest BCUT2D eigenvalue weighted by Crippen LogP contribution is -2.52. The summed E-state index contributed by atoms with van der Waals surface area (Å²) in [6.07, 6.45) is 5.22. The number of fused-ring (bicyclic) bond motifs is 1. The number of piperidine rings is 1. The zero-order valence-corrected chi connectivity index (χ0v) is 16.8. The number of benzene rings is 2. The van der Waals surface area contributed by atoms with Crippen LogP contribution in [0.4, 0.5) is 10.1 Å². The minimum absolute atomic E-state index is 0.0881. The van der Waals surface area contributed by atoms with Crippen LogP contribution in [0.15, 0.2) is 42.5 Å². The van der Waals surface area contributed by atoms with Gasteiger partial charge in [0.05, 0.1) is 0 Å². The van der Waals surface area contributed by atoms with Gasteiger partial charge in [-0.05, 0) is 68.9 Å². The van der Waals surface area contributed by atoms with Crippen molar-refractivity contribution in [1.29, 1.82) is 0 Å². The lowest BCUT2D eigenvalue weighted by molar-refractivity contribution is 0.112. The van der Waals surface area contributed by atoms with Crippen molar-refractivity contribution in [2.45, 2.75) is 51.1 Å². The molecule has 0 N–H and O–H groups in total. The fourth-order valence-corrected chi connectivity index (χ4v) is 4.94. The standard InChI is InChI=1S/C24H29FN2O/c1-24(2)16-20-6-3-19(17-28)15-23(20)27(24)22-10-13-26(14-11-22)12-9-18-4-7-21(25)8-5-18/h3-8,15,17,22H,9-14,16H2,1-2H3. The Labute approximate surface area is 167 Å². The molecule has 0 saturated carbocycles. The Hall–Kier alpha value is -2.20. The fraction of sp³-hybridized carbons (Fsp3) is 0.458. The second kappa shape index (κ2) is 7.67. The van der Waals surface area contributed by atoms with Crippen LogP contribution in [0.3, 0.4) is 0 Å². The molecule has 2 aromatic rings. The van der Waals surface area contributed by atoms with Crippen molar-refractivity contribution in [2.24, 2.45) is 0 Å². The molecule has 4 rings (SSSR count). The van der Waals surface area contributed by atoms with Crippen molar-refractivity contribution < 1.29 is 9.18 Å². The normalized spacial score (nSPS) is 19.6. The molecule has 2 heterocycles. The van der Waals surface area contributed by atoms with Crippen LogP contribution in [0, 0.1) is 5.82 Å². The molecule has 0 atom stereocenters. The average Bonchev–Trinajstić information content (AvgIpc) is 2.97. The molecule has 0 spiro atoms. The summed E-state index contributed by atoms with van der Waals surface area (Å²) in [5.74, 6) is -0.171. The number of halogens is 1. The summed E-state index contributed by atoms with van der Waals surface area (Å²) in [4.78, 5) is 16.4. The number of aldehydes is 1. The van der Waals surface area contributed by atoms with Gasteiger partial charge in [0, 0.05) is 42.5 Å². The number of hydrogen-bond donors (Lipinski definition) is 0. The number of hydrogen-bond acceptors (Lipinski definition) is 3. The van der Waals surface area contributed by atoms with Gasteiger partial charge in [0.15, 0.2) is 0 Å². The number of rotatable bonds is 5. The minimum atomic E-state index is -0.171. The fourth-order valence-electron chi connectivity index (χ4n) is 4.94. The summed E-state index contributed by atoms with van der Waals surface area (Å²) >= 11 is 0. The predicted octanol–water partition coefficient (Wildman–Crippen LogP) is 4.49. The van der Waals surface area contributed by atoms with Crippen LogP contribution in [0.25, 0.3) is 0 Å². The molecule has 2 aliphatic rings. The lowest BCUT2D eigenvalue weighted by Gasteiger charge is -2.44. The first-order valence-electron chi connectivity index (χ1n) is 10.3. The van der Waals surface area contributed by atoms with Crippen LogP contribution in [-0.4, -0.2) is 42.4 Å². The summed E-state index contributed by atoms with van der Waals surface area (Å²) in [5.41, 5.74) is 4.65. The Kier molecular flexibility index (Phi) is 5.24. The Balaban J connectivity index is 1.39. The van der Waals surface area contributed by atoms with Gasteiger partial charge in [-0.3, -0.25) is 4.79 Å². The van der Waals surface area contributed by atoms with Gasteiger partial charge in [-0.1, -0.05) is 24.3 Å². The van der Waals surface area contributed by atoms with E-state index >= 15 is 0 Å². The van der Waals surface area contributed by atoms with Crippen LogP contribution in [0.2, 0.25) is 0 Å². The van der Waals surface area contributed by atoms with Crippen LogP contribution in [-0.2, 0) is 12.8 Å². The third-order valence-electron chi connectivity index (χ3n) is 6.33. The van der Waals surface area contributed by atoms with Crippen molar-refractivity contribution in [3.8, 4) is 0 Å². The maximum absolute atomic E-state index is 13.1. The summed E-state index contributed by atoms with van der Waals surface area (Å²) in [7, 11) is 0. The van der Waals surface area contributed by atoms with Crippen molar-refractivity contribution in [2.75, 3.05) is 24.5 Å². The lowest BCUT2D eigenvalue weighted by atomic mass is 9.95. The van der Waals surface area contributed by atoms with E-state index in [0.29, 0.717) is 6.04 Å². The molecule has 4 heteroatoms. The Morgan fingerprint density at radius 1 is 1.11 bits per heavy atom. The monoisotopic (exact) mass is 380 g/mol. The van der Waals surface area contributed by atoms with Crippen molar-refractivity contribution >= 4 is 12.0 Å². The van der Waals surface area contributed by atoms with Gasteiger partial charge in [0.2, 0.25) is 0 Å². The number of likely N-dealkylation sites (tertiary alicyclic amines) is 1. The van der Waals surface area contributed by atoms with Crippen LogP contribution >= 0.6 is 0 Å². The highest BCUT2D eigenvalue weighted by Crippen LogP contribution is 2.42. The molecule has 1 fully saturated rings. The first-order chi connectivity index (χ1) is 13.5. The zero-order chi connectivity index (χ0) is 19.7. The van der Waals surface area contributed by atoms with Gasteiger partial charge >= 0.3 is 0 Å². The second-order valence-corrected chi connectivity index (χ2v) is 8.81. The maximum Gasteiger partial charge on any atom is 0.150 e. The molecule has 0 bridgehead atoms. The number of carbonyl (C=O) groups is 1. The van der Waals surface area contributed by atoms with E-state index in [0.717, 1.165) is 57.2 Å². The van der Waals surface area contributed by atoms with Gasteiger partial charge in [-0.15, -0.1) is 0 Å². The molecule has 2 aromatic carbocycles. The minimum Gasteiger partial charge on any atom is -0.363 e. The van der Waals surface area contributed by atoms with Crippen LogP contribution in [0.1, 0.15) is 48.2 Å². The number of nitrogens with zero attached hydrogens (tertiary/aromatic N) is 2. The van der Waals surface area contributed by atoms with E-state index in [4.69, 9.17) is 0 Å². The average molecular weight is 381 g/mol. The molecular weight excluding hydrogens is 351 g/mol. The zero-order valence-electron chi connectivity index (χ0n) is 16.8. The molecule has 0 aromatic heterocycles. The topological polar surface area (TPSA) is 23.6 Å². The highest BCUT2D eigenvalue weighted by Gasteiger charge is 2.40. The van der Waals surface area contributed by atoms with Crippen LogP contribution < -0.4 is 4.90 Å². The first kappa shape index (κ1) is 19.1. The van der Waals surface area contributed by atoms with E-state index in [1.165, 1.54) is 16.8 Å². The number of carbonyl (C=O) groups excluding carboxylic acids is 1. The summed E-state index contributed by atoms with van der Waals surface area (Å²) in [6, 6.07) is 13.5. The maximum atomic E-state index is 13.1. The van der Waals surface area contributed by atoms with Gasteiger partial charge in [-0.2, -0.15) is 0 Å². The van der Waals surface area contributed by atoms with E-state index in [9.17, 15) is 9.18 Å². The van der Waals surface area contributed by atoms with Crippen LogP contribution in [0.5, 0.6) is 0 Å². The van der Waals surface area contributed by atoms with Gasteiger partial charge in [0.1, 0.15) is 12.1 Å². The molecule has 28 heavy (non-hydrogen) atoms. The molecule has 148 valence electrons. The molecular formula is C24H29FN2O. The van der Waals surface area contributed by atoms with Crippen molar-refractivity contribution in [1.82, 2.24) is 4.90 Å². The van der Waals surface area contributed by atoms with E-state index in [1.54, 1.807) is 12.1 Å². The van der Waals surface area contributed by atoms with Crippen molar-refractivity contribution in [3.05, 3.63) is 65.0 Å². The molecule has 3 nitrogen and oxygen atoms in total. The highest BCUT2D eigenvalue weighted by atomic mass is 19.1. The van der Waals surface area contributed by atoms with E-state index < -0.39 is 0 Å². The molecule has 1 saturated heterocycles. The van der Waals surface area contributed by atoms with Crippen molar-refractivity contribution in [3.63, 3.8) is 0 Å². The smallest absolute Gasteiger partial charge is 0.150 e. The van der Waals surface area contributed by atoms with Gasteiger partial charge in [-0.25, -0.2) is 4.39 Å². The highest BCUT2D eigenvalue weighted by molar-refractivity contribution is 5.79. The van der Waals surface area contributed by atoms with Gasteiger partial charge in [0.25, 0.3) is 0 Å². The Bertz CT molecular complexity index is 838. The molecule has 0 radical (unpaired) electrons. The molecule has 0 amide bonds. The quantitative estimate of drug-likeness (QED) is 0.714. The summed E-state index contributed by atoms with van der Waals surface area (Å²) in [6.45, 7) is 7.82. The predicted molar refractivity (Wildman–Crippen MR) is 112 cm³/mol. The third kappa shape index (κ3) is 3.83. The first-order valence-corrected chi connectivity index (χ1v) is 10.3. The molecule has 0 unspecified atom stereocenters. The summed E-state index contributed by atoms with van der Waals surface area (Å²) < 4.78 is 13.1. The number of anilines is 1. The Morgan fingerprint density at radius 2 is 1.82 bits per heavy atom. The Morgan fingerprint density at radius 3 is 2.50 bits per heavy atom. The molecule has 0 aliphatic carbocycles. The van der Waals surface area contributed by atoms with E-state index in [-0.39, 0.29) is 11.4 Å². The second-order valence-electron chi connectivity index (χ2n) is 8.81. The third-order valence-corrected chi connectivity index (χ3v) is 6.33.